The van der Waals surface area contributed by atoms with Crippen LogP contribution in [0.2, 0.25) is 0 Å². The summed E-state index contributed by atoms with van der Waals surface area (Å²) in [7, 11) is 1.63. The van der Waals surface area contributed by atoms with E-state index in [0.29, 0.717) is 12.2 Å². The third-order valence-corrected chi connectivity index (χ3v) is 4.04. The van der Waals surface area contributed by atoms with Crippen molar-refractivity contribution in [1.82, 2.24) is 0 Å². The SMILES string of the molecule is COc1ccc(CC(O)c2cc3ccccc3o2)cc1Br. The molecule has 3 nitrogen and oxygen atoms in total. The summed E-state index contributed by atoms with van der Waals surface area (Å²) in [5.41, 5.74) is 1.80. The van der Waals surface area contributed by atoms with Crippen LogP contribution in [0, 0.1) is 0 Å². The molecular formula is C17H15BrO3. The summed E-state index contributed by atoms with van der Waals surface area (Å²) in [6, 6.07) is 15.4. The number of rotatable bonds is 4. The quantitative estimate of drug-likeness (QED) is 0.757. The number of para-hydroxylation sites is 1. The number of fused-ring (bicyclic) bond motifs is 1. The molecule has 0 amide bonds. The molecule has 1 atom stereocenters. The van der Waals surface area contributed by atoms with E-state index < -0.39 is 6.10 Å². The van der Waals surface area contributed by atoms with Crippen LogP contribution in [-0.4, -0.2) is 12.2 Å². The molecule has 0 spiro atoms. The second-order valence-electron chi connectivity index (χ2n) is 4.88. The number of hydrogen-bond donors (Lipinski definition) is 1. The van der Waals surface area contributed by atoms with E-state index >= 15 is 0 Å². The second kappa shape index (κ2) is 5.92. The number of benzene rings is 2. The number of halogens is 1. The Bertz CT molecular complexity index is 731. The molecule has 4 heteroatoms. The zero-order valence-electron chi connectivity index (χ0n) is 11.5. The molecule has 0 radical (unpaired) electrons. The van der Waals surface area contributed by atoms with Crippen molar-refractivity contribution in [2.45, 2.75) is 12.5 Å². The van der Waals surface area contributed by atoms with E-state index in [-0.39, 0.29) is 0 Å². The van der Waals surface area contributed by atoms with Gasteiger partial charge in [-0.3, -0.25) is 0 Å². The fraction of sp³-hybridized carbons (Fsp3) is 0.176. The number of methoxy groups -OCH3 is 1. The number of furan rings is 1. The van der Waals surface area contributed by atoms with Crippen LogP contribution < -0.4 is 4.74 Å². The van der Waals surface area contributed by atoms with E-state index in [1.54, 1.807) is 7.11 Å². The van der Waals surface area contributed by atoms with Crippen molar-refractivity contribution in [3.05, 3.63) is 64.3 Å². The summed E-state index contributed by atoms with van der Waals surface area (Å²) >= 11 is 3.45. The molecule has 0 aliphatic carbocycles. The fourth-order valence-electron chi connectivity index (χ4n) is 2.33. The van der Waals surface area contributed by atoms with E-state index in [0.717, 1.165) is 26.8 Å². The minimum atomic E-state index is -0.669. The van der Waals surface area contributed by atoms with Crippen molar-refractivity contribution >= 4 is 26.9 Å². The van der Waals surface area contributed by atoms with E-state index in [4.69, 9.17) is 9.15 Å². The Hall–Kier alpha value is -1.78. The Morgan fingerprint density at radius 1 is 1.19 bits per heavy atom. The van der Waals surface area contributed by atoms with Crippen molar-refractivity contribution in [3.63, 3.8) is 0 Å². The predicted molar refractivity (Wildman–Crippen MR) is 85.6 cm³/mol. The standard InChI is InChI=1S/C17H15BrO3/c1-20-16-7-6-11(8-13(16)18)9-14(19)17-10-12-4-2-3-5-15(12)21-17/h2-8,10,14,19H,9H2,1H3. The molecule has 0 fully saturated rings. The maximum Gasteiger partial charge on any atom is 0.134 e. The van der Waals surface area contributed by atoms with Gasteiger partial charge >= 0.3 is 0 Å². The van der Waals surface area contributed by atoms with Gasteiger partial charge in [-0.1, -0.05) is 24.3 Å². The molecule has 21 heavy (non-hydrogen) atoms. The summed E-state index contributed by atoms with van der Waals surface area (Å²) in [6.45, 7) is 0. The first kappa shape index (κ1) is 14.2. The van der Waals surface area contributed by atoms with Crippen molar-refractivity contribution in [2.24, 2.45) is 0 Å². The number of aliphatic hydroxyl groups is 1. The first-order chi connectivity index (χ1) is 10.2. The van der Waals surface area contributed by atoms with Crippen LogP contribution in [0.15, 0.2) is 57.4 Å². The highest BCUT2D eigenvalue weighted by atomic mass is 79.9. The molecule has 108 valence electrons. The maximum absolute atomic E-state index is 10.4. The van der Waals surface area contributed by atoms with Gasteiger partial charge < -0.3 is 14.3 Å². The molecule has 1 N–H and O–H groups in total. The lowest BCUT2D eigenvalue weighted by atomic mass is 10.1. The number of aliphatic hydroxyl groups excluding tert-OH is 1. The Morgan fingerprint density at radius 2 is 2.00 bits per heavy atom. The second-order valence-corrected chi connectivity index (χ2v) is 5.73. The maximum atomic E-state index is 10.4. The molecule has 0 saturated heterocycles. The zero-order chi connectivity index (χ0) is 14.8. The minimum Gasteiger partial charge on any atom is -0.496 e. The van der Waals surface area contributed by atoms with Crippen LogP contribution in [0.4, 0.5) is 0 Å². The minimum absolute atomic E-state index is 0.489. The average molecular weight is 347 g/mol. The lowest BCUT2D eigenvalue weighted by Gasteiger charge is -2.09. The van der Waals surface area contributed by atoms with Crippen LogP contribution in [0.25, 0.3) is 11.0 Å². The van der Waals surface area contributed by atoms with E-state index in [9.17, 15) is 5.11 Å². The largest absolute Gasteiger partial charge is 0.496 e. The van der Waals surface area contributed by atoms with Gasteiger partial charge in [-0.15, -0.1) is 0 Å². The fourth-order valence-corrected chi connectivity index (χ4v) is 2.92. The lowest BCUT2D eigenvalue weighted by Crippen LogP contribution is -2.00. The summed E-state index contributed by atoms with van der Waals surface area (Å²) in [5, 5.41) is 11.4. The smallest absolute Gasteiger partial charge is 0.134 e. The van der Waals surface area contributed by atoms with Gasteiger partial charge in [-0.2, -0.15) is 0 Å². The first-order valence-corrected chi connectivity index (χ1v) is 7.45. The normalized spacial score (nSPS) is 12.5. The zero-order valence-corrected chi connectivity index (χ0v) is 13.1. The molecule has 1 aromatic heterocycles. The molecular weight excluding hydrogens is 332 g/mol. The molecule has 3 aromatic rings. The highest BCUT2D eigenvalue weighted by molar-refractivity contribution is 9.10. The Morgan fingerprint density at radius 3 is 2.71 bits per heavy atom. The van der Waals surface area contributed by atoms with Gasteiger partial charge in [0.15, 0.2) is 0 Å². The number of hydrogen-bond acceptors (Lipinski definition) is 3. The third-order valence-electron chi connectivity index (χ3n) is 3.42. The molecule has 3 rings (SSSR count). The van der Waals surface area contributed by atoms with Crippen LogP contribution in [0.1, 0.15) is 17.4 Å². The van der Waals surface area contributed by atoms with Crippen LogP contribution in [-0.2, 0) is 6.42 Å². The molecule has 0 bridgehead atoms. The van der Waals surface area contributed by atoms with E-state index in [2.05, 4.69) is 15.9 Å². The summed E-state index contributed by atoms with van der Waals surface area (Å²) in [6.07, 6.45) is -0.180. The third kappa shape index (κ3) is 2.96. The topological polar surface area (TPSA) is 42.6 Å². The van der Waals surface area contributed by atoms with Gasteiger partial charge in [0.1, 0.15) is 23.2 Å². The molecule has 0 aliphatic rings. The molecule has 2 aromatic carbocycles. The Kier molecular flexibility index (Phi) is 3.99. The highest BCUT2D eigenvalue weighted by Crippen LogP contribution is 2.29. The van der Waals surface area contributed by atoms with Gasteiger partial charge in [0.2, 0.25) is 0 Å². The van der Waals surface area contributed by atoms with E-state index in [1.165, 1.54) is 0 Å². The average Bonchev–Trinajstić information content (AvgIpc) is 2.91. The molecule has 1 heterocycles. The monoisotopic (exact) mass is 346 g/mol. The number of ether oxygens (including phenoxy) is 1. The molecule has 0 aliphatic heterocycles. The molecule has 1 unspecified atom stereocenters. The van der Waals surface area contributed by atoms with Crippen molar-refractivity contribution in [2.75, 3.05) is 7.11 Å². The van der Waals surface area contributed by atoms with E-state index in [1.807, 2.05) is 48.5 Å². The van der Waals surface area contributed by atoms with Crippen LogP contribution in [0.5, 0.6) is 5.75 Å². The Labute approximate surface area is 131 Å². The van der Waals surface area contributed by atoms with Crippen LogP contribution in [0.3, 0.4) is 0 Å². The van der Waals surface area contributed by atoms with Gasteiger partial charge in [0, 0.05) is 11.8 Å². The lowest BCUT2D eigenvalue weighted by molar-refractivity contribution is 0.152. The summed E-state index contributed by atoms with van der Waals surface area (Å²) in [4.78, 5) is 0. The van der Waals surface area contributed by atoms with Crippen molar-refractivity contribution in [1.29, 1.82) is 0 Å². The van der Waals surface area contributed by atoms with Gasteiger partial charge in [0.25, 0.3) is 0 Å². The summed E-state index contributed by atoms with van der Waals surface area (Å²) in [5.74, 6) is 1.36. The van der Waals surface area contributed by atoms with Crippen molar-refractivity contribution < 1.29 is 14.3 Å². The van der Waals surface area contributed by atoms with Gasteiger partial charge in [-0.05, 0) is 45.8 Å². The van der Waals surface area contributed by atoms with Crippen LogP contribution >= 0.6 is 15.9 Å². The summed E-state index contributed by atoms with van der Waals surface area (Å²) < 4.78 is 11.8. The first-order valence-electron chi connectivity index (χ1n) is 6.66. The highest BCUT2D eigenvalue weighted by Gasteiger charge is 2.14. The van der Waals surface area contributed by atoms with Gasteiger partial charge in [0.05, 0.1) is 11.6 Å². The molecule has 0 saturated carbocycles. The van der Waals surface area contributed by atoms with Gasteiger partial charge in [-0.25, -0.2) is 0 Å². The van der Waals surface area contributed by atoms with Crippen molar-refractivity contribution in [3.8, 4) is 5.75 Å². The Balaban J connectivity index is 1.82. The predicted octanol–water partition coefficient (Wildman–Crippen LogP) is 4.48.